The Labute approximate surface area is 163 Å². The molecule has 0 fully saturated rings. The molecule has 0 radical (unpaired) electrons. The monoisotopic (exact) mass is 336 g/mol. The average Bonchev–Trinajstić information content (AvgIpc) is 2.18. The quantitative estimate of drug-likeness (QED) is 0.295. The molecule has 0 aliphatic carbocycles. The molecule has 0 saturated carbocycles. The molecule has 0 N–H and O–H groups in total. The van der Waals surface area contributed by atoms with Gasteiger partial charge < -0.3 is 59.4 Å². The maximum absolute atomic E-state index is 8.93. The summed E-state index contributed by atoms with van der Waals surface area (Å²) >= 11 is 0. The second-order valence-electron chi connectivity index (χ2n) is 1.72. The maximum Gasteiger partial charge on any atom is 2.00 e. The van der Waals surface area contributed by atoms with E-state index in [2.05, 4.69) is 0 Å². The number of aliphatic carboxylic acids is 6. The van der Waals surface area contributed by atoms with E-state index in [4.69, 9.17) is 59.4 Å². The second-order valence-corrected chi connectivity index (χ2v) is 1.72. The Morgan fingerprint density at radius 2 is 0.381 bits per heavy atom. The first kappa shape index (κ1) is 36.9. The molecule has 0 aromatic heterocycles. The van der Waals surface area contributed by atoms with E-state index in [1.807, 2.05) is 0 Å². The van der Waals surface area contributed by atoms with Gasteiger partial charge in [0.1, 0.15) is 0 Å². The van der Waals surface area contributed by atoms with Crippen molar-refractivity contribution >= 4 is 105 Å². The van der Waals surface area contributed by atoms with Crippen LogP contribution in [0.3, 0.4) is 0 Å². The van der Waals surface area contributed by atoms with Gasteiger partial charge in [-0.15, -0.1) is 0 Å². The SMILES string of the molecule is O=C([O-])C(=O)[O-].O=C([O-])C(=O)[O-].O=C([O-])C(=O)[O-].[Mg+2].[Mg+2].[Mg+2]. The third-order valence-electron chi connectivity index (χ3n) is 0.500. The molecule has 0 aliphatic rings. The molecule has 0 aromatic rings. The van der Waals surface area contributed by atoms with E-state index in [1.165, 1.54) is 0 Å². The summed E-state index contributed by atoms with van der Waals surface area (Å²) in [5, 5.41) is 53.6. The van der Waals surface area contributed by atoms with Crippen LogP contribution in [0.15, 0.2) is 0 Å². The standard InChI is InChI=1S/3C2H2O4.3Mg/c3*3-1(4)2(5)6;;;/h3*(H,3,4)(H,5,6);;;/q;;;3*+2/p-6. The third-order valence-corrected chi connectivity index (χ3v) is 0.500. The summed E-state index contributed by atoms with van der Waals surface area (Å²) in [6.07, 6.45) is 0. The zero-order valence-corrected chi connectivity index (χ0v) is 14.3. The van der Waals surface area contributed by atoms with Gasteiger partial charge in [0, 0.05) is 0 Å². The fraction of sp³-hybridized carbons (Fsp3) is 0. The van der Waals surface area contributed by atoms with E-state index in [0.29, 0.717) is 0 Å². The summed E-state index contributed by atoms with van der Waals surface area (Å²) in [5.74, 6) is -13.1. The molecule has 102 valence electrons. The normalized spacial score (nSPS) is 6.29. The predicted octanol–water partition coefficient (Wildman–Crippen LogP) is -11.7. The van der Waals surface area contributed by atoms with Crippen LogP contribution in [0.5, 0.6) is 0 Å². The Morgan fingerprint density at radius 1 is 0.333 bits per heavy atom. The molecular formula is C6Mg3O12. The minimum atomic E-state index is -2.19. The molecule has 0 heterocycles. The van der Waals surface area contributed by atoms with Crippen LogP contribution in [0.1, 0.15) is 0 Å². The van der Waals surface area contributed by atoms with Gasteiger partial charge in [0.15, 0.2) is 0 Å². The maximum atomic E-state index is 8.93. The molecule has 12 nitrogen and oxygen atoms in total. The van der Waals surface area contributed by atoms with E-state index >= 15 is 0 Å². The van der Waals surface area contributed by atoms with Gasteiger partial charge >= 0.3 is 69.2 Å². The first-order valence-electron chi connectivity index (χ1n) is 3.20. The van der Waals surface area contributed by atoms with Crippen molar-refractivity contribution in [3.63, 3.8) is 0 Å². The van der Waals surface area contributed by atoms with Gasteiger partial charge in [-0.05, 0) is 0 Å². The average molecular weight is 337 g/mol. The van der Waals surface area contributed by atoms with E-state index < -0.39 is 35.8 Å². The molecule has 0 spiro atoms. The van der Waals surface area contributed by atoms with Crippen molar-refractivity contribution in [2.75, 3.05) is 0 Å². The predicted molar refractivity (Wildman–Crippen MR) is 47.3 cm³/mol. The van der Waals surface area contributed by atoms with Crippen LogP contribution in [0.2, 0.25) is 0 Å². The number of rotatable bonds is 0. The van der Waals surface area contributed by atoms with Gasteiger partial charge in [0.2, 0.25) is 0 Å². The number of carbonyl (C=O) groups is 6. The Hall–Kier alpha value is -0.881. The van der Waals surface area contributed by atoms with Crippen LogP contribution in [0, 0.1) is 0 Å². The van der Waals surface area contributed by atoms with Crippen molar-refractivity contribution in [3.8, 4) is 0 Å². The van der Waals surface area contributed by atoms with Crippen LogP contribution in [0.25, 0.3) is 0 Å². The number of carbonyl (C=O) groups excluding carboxylic acids is 6. The van der Waals surface area contributed by atoms with Crippen molar-refractivity contribution in [2.45, 2.75) is 0 Å². The second kappa shape index (κ2) is 21.4. The first-order valence-corrected chi connectivity index (χ1v) is 3.20. The van der Waals surface area contributed by atoms with Crippen molar-refractivity contribution < 1.29 is 59.4 Å². The molecule has 0 aromatic carbocycles. The summed E-state index contributed by atoms with van der Waals surface area (Å²) in [7, 11) is 0. The molecule has 0 bridgehead atoms. The molecule has 0 unspecified atom stereocenters. The Balaban J connectivity index is -0.0000000375. The molecule has 21 heavy (non-hydrogen) atoms. The first-order chi connectivity index (χ1) is 7.93. The molecule has 15 heteroatoms. The van der Waals surface area contributed by atoms with Gasteiger partial charge in [0.05, 0.1) is 35.8 Å². The summed E-state index contributed by atoms with van der Waals surface area (Å²) in [6.45, 7) is 0. The van der Waals surface area contributed by atoms with Gasteiger partial charge in [-0.25, -0.2) is 0 Å². The minimum absolute atomic E-state index is 0. The van der Waals surface area contributed by atoms with Crippen LogP contribution in [0.4, 0.5) is 0 Å². The fourth-order valence-electron chi connectivity index (χ4n) is 0. The van der Waals surface area contributed by atoms with Crippen LogP contribution >= 0.6 is 0 Å². The summed E-state index contributed by atoms with van der Waals surface area (Å²) in [4.78, 5) is 53.6. The zero-order chi connectivity index (χ0) is 15.5. The Morgan fingerprint density at radius 3 is 0.381 bits per heavy atom. The molecule has 0 saturated heterocycles. The number of carboxylic acid groups (broad SMARTS) is 6. The molecular weight excluding hydrogens is 337 g/mol. The third kappa shape index (κ3) is 45.3. The van der Waals surface area contributed by atoms with Gasteiger partial charge in [0.25, 0.3) is 0 Å². The fourth-order valence-corrected chi connectivity index (χ4v) is 0. The van der Waals surface area contributed by atoms with Crippen molar-refractivity contribution in [3.05, 3.63) is 0 Å². The Kier molecular flexibility index (Phi) is 37.6. The van der Waals surface area contributed by atoms with Crippen LogP contribution in [-0.2, 0) is 28.8 Å². The topological polar surface area (TPSA) is 241 Å². The molecule has 0 aliphatic heterocycles. The van der Waals surface area contributed by atoms with Crippen molar-refractivity contribution in [2.24, 2.45) is 0 Å². The summed E-state index contributed by atoms with van der Waals surface area (Å²) in [5.41, 5.74) is 0. The number of hydrogen-bond donors (Lipinski definition) is 0. The minimum Gasteiger partial charge on any atom is -0.543 e. The van der Waals surface area contributed by atoms with E-state index in [0.717, 1.165) is 0 Å². The Bertz CT molecular complexity index is 284. The number of hydrogen-bond acceptors (Lipinski definition) is 12. The van der Waals surface area contributed by atoms with Gasteiger partial charge in [-0.1, -0.05) is 0 Å². The summed E-state index contributed by atoms with van der Waals surface area (Å²) in [6, 6.07) is 0. The summed E-state index contributed by atoms with van der Waals surface area (Å²) < 4.78 is 0. The van der Waals surface area contributed by atoms with Crippen molar-refractivity contribution in [1.82, 2.24) is 0 Å². The van der Waals surface area contributed by atoms with E-state index in [9.17, 15) is 0 Å². The van der Waals surface area contributed by atoms with Crippen molar-refractivity contribution in [1.29, 1.82) is 0 Å². The van der Waals surface area contributed by atoms with Crippen LogP contribution < -0.4 is 30.6 Å². The smallest absolute Gasteiger partial charge is 0.543 e. The van der Waals surface area contributed by atoms with Crippen LogP contribution in [-0.4, -0.2) is 105 Å². The largest absolute Gasteiger partial charge is 2.00 e. The molecule has 0 rings (SSSR count). The molecule has 0 atom stereocenters. The van der Waals surface area contributed by atoms with Gasteiger partial charge in [-0.2, -0.15) is 0 Å². The van der Waals surface area contributed by atoms with E-state index in [1.54, 1.807) is 0 Å². The van der Waals surface area contributed by atoms with Gasteiger partial charge in [-0.3, -0.25) is 0 Å². The number of carboxylic acids is 6. The van der Waals surface area contributed by atoms with E-state index in [-0.39, 0.29) is 69.2 Å². The molecule has 0 amide bonds. The zero-order valence-electron chi connectivity index (χ0n) is 10.0.